The van der Waals surface area contributed by atoms with Crippen molar-refractivity contribution in [3.05, 3.63) is 24.4 Å². The Morgan fingerprint density at radius 1 is 2.00 bits per heavy atom. The summed E-state index contributed by atoms with van der Waals surface area (Å²) in [5.41, 5.74) is 0. The topological polar surface area (TPSA) is 12.0 Å². The Bertz CT molecular complexity index is 170. The molecule has 1 atom stereocenters. The summed E-state index contributed by atoms with van der Waals surface area (Å²) in [6.07, 6.45) is 4.79. The predicted molar refractivity (Wildman–Crippen MR) is 30.9 cm³/mol. The van der Waals surface area contributed by atoms with Crippen LogP contribution in [0, 0.1) is 0 Å². The molecule has 0 aromatic carbocycles. The summed E-state index contributed by atoms with van der Waals surface area (Å²) in [6.45, 7) is 1.70. The molecule has 0 bridgehead atoms. The van der Waals surface area contributed by atoms with Crippen LogP contribution in [0.1, 0.15) is 9.67 Å². The van der Waals surface area contributed by atoms with E-state index >= 15 is 0 Å². The quantitative estimate of drug-likeness (QED) is 0.476. The van der Waals surface area contributed by atoms with Crippen LogP contribution < -0.4 is 5.32 Å². The zero-order chi connectivity index (χ0) is 6.91. The SMILES string of the molecule is [2H]C1=CC([2H])(C)NC=C1. The van der Waals surface area contributed by atoms with Crippen LogP contribution in [-0.2, 0) is 0 Å². The second-order valence-electron chi connectivity index (χ2n) is 1.47. The van der Waals surface area contributed by atoms with Gasteiger partial charge in [-0.05, 0) is 19.2 Å². The summed E-state index contributed by atoms with van der Waals surface area (Å²) >= 11 is 0. The molecule has 7 heavy (non-hydrogen) atoms. The van der Waals surface area contributed by atoms with Crippen molar-refractivity contribution in [2.24, 2.45) is 0 Å². The fourth-order valence-corrected chi connectivity index (χ4v) is 0.436. The standard InChI is InChI=1S/C6H9N/c1-6-4-2-3-5-7-6/h2-7H,1H3/i2D,6D. The van der Waals surface area contributed by atoms with Gasteiger partial charge >= 0.3 is 0 Å². The lowest BCUT2D eigenvalue weighted by molar-refractivity contribution is 0.761. The van der Waals surface area contributed by atoms with Gasteiger partial charge in [-0.3, -0.25) is 0 Å². The Labute approximate surface area is 46.5 Å². The summed E-state index contributed by atoms with van der Waals surface area (Å²) in [6, 6.07) is -0.391. The molecule has 1 heteroatoms. The second kappa shape index (κ2) is 1.82. The van der Waals surface area contributed by atoms with Gasteiger partial charge in [0.25, 0.3) is 0 Å². The molecule has 1 heterocycles. The Balaban J connectivity index is 2.78. The number of allylic oxidation sites excluding steroid dienone is 2. The first-order chi connectivity index (χ1) is 4.10. The maximum atomic E-state index is 7.40. The minimum atomic E-state index is -0.786. The minimum Gasteiger partial charge on any atom is -0.385 e. The molecule has 1 aliphatic heterocycles. The molecule has 1 nitrogen and oxygen atoms in total. The van der Waals surface area contributed by atoms with Crippen molar-refractivity contribution in [2.45, 2.75) is 12.9 Å². The molecule has 0 aromatic heterocycles. The highest BCUT2D eigenvalue weighted by molar-refractivity contribution is 5.10. The van der Waals surface area contributed by atoms with E-state index in [9.17, 15) is 0 Å². The average molecular weight is 97.2 g/mol. The molecule has 0 saturated carbocycles. The number of dihydropyridines is 1. The van der Waals surface area contributed by atoms with E-state index in [2.05, 4.69) is 5.32 Å². The first-order valence-electron chi connectivity index (χ1n) is 3.24. The van der Waals surface area contributed by atoms with Gasteiger partial charge in [0.15, 0.2) is 0 Å². The lowest BCUT2D eigenvalue weighted by Gasteiger charge is -2.07. The number of nitrogens with one attached hydrogen (secondary N) is 1. The molecule has 0 amide bonds. The molecule has 0 aromatic rings. The minimum absolute atomic E-state index is 0.395. The van der Waals surface area contributed by atoms with Crippen molar-refractivity contribution in [1.82, 2.24) is 5.32 Å². The Kier molecular flexibility index (Phi) is 0.666. The number of hydrogen-bond donors (Lipinski definition) is 1. The maximum absolute atomic E-state index is 7.40. The Morgan fingerprint density at radius 3 is 3.29 bits per heavy atom. The van der Waals surface area contributed by atoms with Crippen molar-refractivity contribution in [2.75, 3.05) is 0 Å². The molecule has 0 aliphatic carbocycles. The van der Waals surface area contributed by atoms with Crippen LogP contribution in [0.4, 0.5) is 0 Å². The largest absolute Gasteiger partial charge is 0.385 e. The Morgan fingerprint density at radius 2 is 2.86 bits per heavy atom. The highest BCUT2D eigenvalue weighted by Crippen LogP contribution is 1.90. The summed E-state index contributed by atoms with van der Waals surface area (Å²) in [4.78, 5) is 0. The molecule has 0 spiro atoms. The van der Waals surface area contributed by atoms with Gasteiger partial charge in [0.1, 0.15) is 0 Å². The smallest absolute Gasteiger partial charge is 0.0621 e. The lowest BCUT2D eigenvalue weighted by Crippen LogP contribution is -2.18. The zero-order valence-corrected chi connectivity index (χ0v) is 4.23. The van der Waals surface area contributed by atoms with Crippen molar-refractivity contribution < 1.29 is 2.74 Å². The van der Waals surface area contributed by atoms with Crippen molar-refractivity contribution in [3.63, 3.8) is 0 Å². The van der Waals surface area contributed by atoms with Crippen LogP contribution in [0.3, 0.4) is 0 Å². The second-order valence-corrected chi connectivity index (χ2v) is 1.47. The average Bonchev–Trinajstić information content (AvgIpc) is 1.60. The number of hydrogen-bond acceptors (Lipinski definition) is 1. The molecule has 0 fully saturated rings. The highest BCUT2D eigenvalue weighted by Gasteiger charge is 1.90. The molecule has 0 radical (unpaired) electrons. The van der Waals surface area contributed by atoms with Gasteiger partial charge in [0.05, 0.1) is 2.74 Å². The van der Waals surface area contributed by atoms with Crippen LogP contribution in [-0.4, -0.2) is 6.02 Å². The normalized spacial score (nSPS) is 43.3. The molecule has 0 saturated heterocycles. The predicted octanol–water partition coefficient (Wildman–Crippen LogP) is 1.05. The zero-order valence-electron chi connectivity index (χ0n) is 6.23. The van der Waals surface area contributed by atoms with Crippen LogP contribution in [0.2, 0.25) is 0 Å². The third-order valence-corrected chi connectivity index (χ3v) is 0.790. The molecule has 1 rings (SSSR count). The first-order valence-corrected chi connectivity index (χ1v) is 2.24. The number of rotatable bonds is 0. The third kappa shape index (κ3) is 1.07. The van der Waals surface area contributed by atoms with Gasteiger partial charge in [0.2, 0.25) is 0 Å². The fraction of sp³-hybridized carbons (Fsp3) is 0.333. The monoisotopic (exact) mass is 97.1 g/mol. The van der Waals surface area contributed by atoms with E-state index < -0.39 is 6.02 Å². The summed E-state index contributed by atoms with van der Waals surface area (Å²) in [5, 5.41) is 2.78. The molecule has 1 unspecified atom stereocenters. The van der Waals surface area contributed by atoms with Gasteiger partial charge in [-0.15, -0.1) is 0 Å². The maximum Gasteiger partial charge on any atom is 0.0621 e. The van der Waals surface area contributed by atoms with E-state index in [0.717, 1.165) is 0 Å². The lowest BCUT2D eigenvalue weighted by atomic mass is 10.2. The van der Waals surface area contributed by atoms with Crippen molar-refractivity contribution >= 4 is 0 Å². The molecule has 1 aliphatic rings. The Hall–Kier alpha value is -0.720. The van der Waals surface area contributed by atoms with E-state index in [-0.39, 0.29) is 0 Å². The van der Waals surface area contributed by atoms with Crippen LogP contribution in [0.25, 0.3) is 0 Å². The fourth-order valence-electron chi connectivity index (χ4n) is 0.436. The third-order valence-electron chi connectivity index (χ3n) is 0.790. The summed E-state index contributed by atoms with van der Waals surface area (Å²) in [7, 11) is 0. The van der Waals surface area contributed by atoms with E-state index in [1.807, 2.05) is 0 Å². The first kappa shape index (κ1) is 2.55. The molecular formula is C6H9N. The van der Waals surface area contributed by atoms with Crippen LogP contribution in [0.15, 0.2) is 24.4 Å². The van der Waals surface area contributed by atoms with Gasteiger partial charge in [0, 0.05) is 6.02 Å². The van der Waals surface area contributed by atoms with E-state index in [0.29, 0.717) is 6.05 Å². The van der Waals surface area contributed by atoms with Gasteiger partial charge in [-0.1, -0.05) is 12.1 Å². The van der Waals surface area contributed by atoms with Gasteiger partial charge in [-0.25, -0.2) is 0 Å². The van der Waals surface area contributed by atoms with Crippen molar-refractivity contribution in [3.8, 4) is 0 Å². The molecular weight excluding hydrogens is 86.1 g/mol. The van der Waals surface area contributed by atoms with Crippen LogP contribution >= 0.6 is 0 Å². The van der Waals surface area contributed by atoms with Gasteiger partial charge in [-0.2, -0.15) is 0 Å². The molecule has 1 N–H and O–H groups in total. The summed E-state index contributed by atoms with van der Waals surface area (Å²) in [5.74, 6) is 0. The highest BCUT2D eigenvalue weighted by atomic mass is 14.9. The van der Waals surface area contributed by atoms with E-state index in [4.69, 9.17) is 2.74 Å². The summed E-state index contributed by atoms with van der Waals surface area (Å²) < 4.78 is 14.5. The van der Waals surface area contributed by atoms with Gasteiger partial charge < -0.3 is 5.32 Å². The van der Waals surface area contributed by atoms with E-state index in [1.54, 1.807) is 25.3 Å². The van der Waals surface area contributed by atoms with E-state index in [1.165, 1.54) is 0 Å². The molecule has 38 valence electrons. The van der Waals surface area contributed by atoms with Crippen molar-refractivity contribution in [1.29, 1.82) is 0 Å². The van der Waals surface area contributed by atoms with Crippen LogP contribution in [0.5, 0.6) is 0 Å².